The third kappa shape index (κ3) is 4.02. The molecule has 0 bridgehead atoms. The number of benzene rings is 1. The largest absolute Gasteiger partial charge is 0.441 e. The number of sulfone groups is 1. The number of aromatic nitrogens is 1. The highest BCUT2D eigenvalue weighted by Crippen LogP contribution is 2.27. The molecule has 26 heavy (non-hydrogen) atoms. The molecule has 1 aromatic heterocycles. The standard InChI is InChI=1S/C18H20F2N2O3S/c1-3-7-22(14-6-8-26(23,24)11-14)10-17-12(2)25-18(21-17)15-9-13(19)4-5-16(15)20/h3-5,9,14H,1,6-8,10-11H2,2H3/t14-/m1/s1. The minimum Gasteiger partial charge on any atom is -0.441 e. The average molecular weight is 382 g/mol. The molecule has 2 aromatic rings. The lowest BCUT2D eigenvalue weighted by Gasteiger charge is -2.25. The van der Waals surface area contributed by atoms with Crippen molar-refractivity contribution in [3.05, 3.63) is 53.9 Å². The molecular formula is C18H20F2N2O3S. The topological polar surface area (TPSA) is 63.4 Å². The van der Waals surface area contributed by atoms with Crippen molar-refractivity contribution in [2.24, 2.45) is 0 Å². The zero-order valence-electron chi connectivity index (χ0n) is 14.4. The number of nitrogens with zero attached hydrogens (tertiary/aromatic N) is 2. The monoisotopic (exact) mass is 382 g/mol. The second-order valence-electron chi connectivity index (χ2n) is 6.42. The summed E-state index contributed by atoms with van der Waals surface area (Å²) >= 11 is 0. The maximum absolute atomic E-state index is 14.0. The van der Waals surface area contributed by atoms with Crippen molar-refractivity contribution in [1.82, 2.24) is 9.88 Å². The van der Waals surface area contributed by atoms with Crippen LogP contribution < -0.4 is 0 Å². The summed E-state index contributed by atoms with van der Waals surface area (Å²) in [5.41, 5.74) is 0.521. The predicted molar refractivity (Wildman–Crippen MR) is 94.3 cm³/mol. The molecule has 1 aliphatic rings. The Morgan fingerprint density at radius 1 is 1.42 bits per heavy atom. The Labute approximate surface area is 151 Å². The third-order valence-electron chi connectivity index (χ3n) is 4.49. The molecule has 0 radical (unpaired) electrons. The van der Waals surface area contributed by atoms with Crippen LogP contribution in [0, 0.1) is 18.6 Å². The Morgan fingerprint density at radius 2 is 2.19 bits per heavy atom. The molecule has 0 unspecified atom stereocenters. The Kier molecular flexibility index (Phi) is 5.24. The van der Waals surface area contributed by atoms with Gasteiger partial charge in [-0.15, -0.1) is 6.58 Å². The minimum absolute atomic E-state index is 0.00657. The van der Waals surface area contributed by atoms with Gasteiger partial charge in [-0.25, -0.2) is 22.2 Å². The van der Waals surface area contributed by atoms with E-state index >= 15 is 0 Å². The molecular weight excluding hydrogens is 362 g/mol. The van der Waals surface area contributed by atoms with E-state index in [0.717, 1.165) is 18.2 Å². The van der Waals surface area contributed by atoms with Crippen LogP contribution in [0.4, 0.5) is 8.78 Å². The van der Waals surface area contributed by atoms with Crippen LogP contribution in [0.5, 0.6) is 0 Å². The van der Waals surface area contributed by atoms with Crippen LogP contribution in [-0.2, 0) is 16.4 Å². The Bertz CT molecular complexity index is 925. The van der Waals surface area contributed by atoms with Crippen LogP contribution >= 0.6 is 0 Å². The molecule has 0 spiro atoms. The number of hydrogen-bond donors (Lipinski definition) is 0. The van der Waals surface area contributed by atoms with E-state index in [9.17, 15) is 17.2 Å². The van der Waals surface area contributed by atoms with Gasteiger partial charge in [0, 0.05) is 19.1 Å². The first-order chi connectivity index (χ1) is 12.3. The first-order valence-electron chi connectivity index (χ1n) is 8.26. The maximum Gasteiger partial charge on any atom is 0.229 e. The summed E-state index contributed by atoms with van der Waals surface area (Å²) in [6, 6.07) is 2.97. The van der Waals surface area contributed by atoms with Gasteiger partial charge in [-0.3, -0.25) is 4.90 Å². The highest BCUT2D eigenvalue weighted by atomic mass is 32.2. The molecule has 2 heterocycles. The molecule has 1 aromatic carbocycles. The quantitative estimate of drug-likeness (QED) is 0.719. The first kappa shape index (κ1) is 18.7. The molecule has 1 saturated heterocycles. The Morgan fingerprint density at radius 3 is 2.85 bits per heavy atom. The van der Waals surface area contributed by atoms with Crippen molar-refractivity contribution in [1.29, 1.82) is 0 Å². The maximum atomic E-state index is 14.0. The summed E-state index contributed by atoms with van der Waals surface area (Å²) in [5, 5.41) is 0. The summed E-state index contributed by atoms with van der Waals surface area (Å²) < 4.78 is 56.4. The van der Waals surface area contributed by atoms with Crippen LogP contribution in [0.3, 0.4) is 0 Å². The lowest BCUT2D eigenvalue weighted by atomic mass is 10.2. The fourth-order valence-electron chi connectivity index (χ4n) is 3.12. The second-order valence-corrected chi connectivity index (χ2v) is 8.65. The summed E-state index contributed by atoms with van der Waals surface area (Å²) in [6.07, 6.45) is 2.26. The highest BCUT2D eigenvalue weighted by molar-refractivity contribution is 7.91. The predicted octanol–water partition coefficient (Wildman–Crippen LogP) is 3.10. The molecule has 1 fully saturated rings. The van der Waals surface area contributed by atoms with Gasteiger partial charge in [0.05, 0.1) is 22.8 Å². The molecule has 0 amide bonds. The Hall–Kier alpha value is -2.06. The number of aryl methyl sites for hydroxylation is 1. The number of halogens is 2. The molecule has 1 atom stereocenters. The second kappa shape index (κ2) is 7.28. The van der Waals surface area contributed by atoms with E-state index in [2.05, 4.69) is 11.6 Å². The van der Waals surface area contributed by atoms with Crippen LogP contribution in [0.1, 0.15) is 17.9 Å². The van der Waals surface area contributed by atoms with Gasteiger partial charge >= 0.3 is 0 Å². The van der Waals surface area contributed by atoms with Gasteiger partial charge in [0.25, 0.3) is 0 Å². The average Bonchev–Trinajstić information content (AvgIpc) is 3.12. The number of hydrogen-bond acceptors (Lipinski definition) is 5. The van der Waals surface area contributed by atoms with Crippen molar-refractivity contribution in [3.8, 4) is 11.5 Å². The van der Waals surface area contributed by atoms with Crippen molar-refractivity contribution in [3.63, 3.8) is 0 Å². The van der Waals surface area contributed by atoms with E-state index in [4.69, 9.17) is 4.42 Å². The van der Waals surface area contributed by atoms with Crippen molar-refractivity contribution in [2.75, 3.05) is 18.1 Å². The molecule has 0 N–H and O–H groups in total. The van der Waals surface area contributed by atoms with Gasteiger partial charge in [-0.1, -0.05) is 6.08 Å². The van der Waals surface area contributed by atoms with Gasteiger partial charge in [0.15, 0.2) is 9.84 Å². The van der Waals surface area contributed by atoms with Gasteiger partial charge in [-0.2, -0.15) is 0 Å². The van der Waals surface area contributed by atoms with E-state index in [-0.39, 0.29) is 29.0 Å². The normalized spacial score (nSPS) is 19.2. The van der Waals surface area contributed by atoms with E-state index in [0.29, 0.717) is 31.0 Å². The summed E-state index contributed by atoms with van der Waals surface area (Å²) in [4.78, 5) is 6.28. The first-order valence-corrected chi connectivity index (χ1v) is 10.1. The zero-order valence-corrected chi connectivity index (χ0v) is 15.2. The van der Waals surface area contributed by atoms with Crippen LogP contribution in [0.25, 0.3) is 11.5 Å². The molecule has 0 aliphatic carbocycles. The van der Waals surface area contributed by atoms with E-state index in [1.54, 1.807) is 13.0 Å². The highest BCUT2D eigenvalue weighted by Gasteiger charge is 2.32. The molecule has 8 heteroatoms. The van der Waals surface area contributed by atoms with Gasteiger partial charge < -0.3 is 4.42 Å². The SMILES string of the molecule is C=CCN(Cc1nc(-c2cc(F)ccc2F)oc1C)[C@@H]1CCS(=O)(=O)C1. The third-order valence-corrected chi connectivity index (χ3v) is 6.24. The van der Waals surface area contributed by atoms with E-state index < -0.39 is 21.5 Å². The fraction of sp³-hybridized carbons (Fsp3) is 0.389. The minimum atomic E-state index is -3.02. The van der Waals surface area contributed by atoms with Gasteiger partial charge in [-0.05, 0) is 31.5 Å². The van der Waals surface area contributed by atoms with Crippen molar-refractivity contribution < 1.29 is 21.6 Å². The summed E-state index contributed by atoms with van der Waals surface area (Å²) in [6.45, 7) is 6.26. The molecule has 140 valence electrons. The van der Waals surface area contributed by atoms with E-state index in [1.807, 2.05) is 4.90 Å². The molecule has 3 rings (SSSR count). The summed E-state index contributed by atoms with van der Waals surface area (Å²) in [5.74, 6) is -0.440. The van der Waals surface area contributed by atoms with Crippen LogP contribution in [0.2, 0.25) is 0 Å². The summed E-state index contributed by atoms with van der Waals surface area (Å²) in [7, 11) is -3.02. The van der Waals surface area contributed by atoms with Crippen molar-refractivity contribution >= 4 is 9.84 Å². The molecule has 1 aliphatic heterocycles. The number of rotatable bonds is 6. The number of oxazole rings is 1. The van der Waals surface area contributed by atoms with Crippen LogP contribution in [0.15, 0.2) is 35.3 Å². The van der Waals surface area contributed by atoms with Gasteiger partial charge in [0.2, 0.25) is 5.89 Å². The smallest absolute Gasteiger partial charge is 0.229 e. The van der Waals surface area contributed by atoms with Crippen molar-refractivity contribution in [2.45, 2.75) is 25.9 Å². The Balaban J connectivity index is 1.86. The van der Waals surface area contributed by atoms with E-state index in [1.165, 1.54) is 0 Å². The lowest BCUT2D eigenvalue weighted by Crippen LogP contribution is -2.36. The fourth-order valence-corrected chi connectivity index (χ4v) is 4.88. The zero-order chi connectivity index (χ0) is 18.9. The van der Waals surface area contributed by atoms with Gasteiger partial charge in [0.1, 0.15) is 17.4 Å². The molecule has 0 saturated carbocycles. The van der Waals surface area contributed by atoms with Crippen LogP contribution in [-0.4, -0.2) is 42.4 Å². The lowest BCUT2D eigenvalue weighted by molar-refractivity contribution is 0.223. The molecule has 5 nitrogen and oxygen atoms in total.